The molecule has 1 aliphatic heterocycles. The number of carbonyl (C=O) groups is 1. The predicted octanol–water partition coefficient (Wildman–Crippen LogP) is 0.163. The van der Waals surface area contributed by atoms with Gasteiger partial charge < -0.3 is 0 Å². The molecule has 1 fully saturated rings. The summed E-state index contributed by atoms with van der Waals surface area (Å²) in [6.07, 6.45) is 0.745. The van der Waals surface area contributed by atoms with Crippen LogP contribution in [-0.2, 0) is 4.79 Å². The van der Waals surface area contributed by atoms with Crippen molar-refractivity contribution in [3.63, 3.8) is 0 Å². The van der Waals surface area contributed by atoms with Gasteiger partial charge in [-0.1, -0.05) is 0 Å². The van der Waals surface area contributed by atoms with E-state index in [-0.39, 0.29) is 15.2 Å². The molecular formula is C9H9NOSe. The van der Waals surface area contributed by atoms with E-state index in [4.69, 9.17) is 0 Å². The van der Waals surface area contributed by atoms with E-state index in [1.807, 2.05) is 22.1 Å². The normalized spacial score (nSPS) is 16.0. The Labute approximate surface area is 77.9 Å². The zero-order valence-electron chi connectivity index (χ0n) is 6.56. The summed E-state index contributed by atoms with van der Waals surface area (Å²) in [6, 6.07) is 10.2. The number of hydrogen-bond acceptors (Lipinski definition) is 1. The van der Waals surface area contributed by atoms with Gasteiger partial charge in [0.1, 0.15) is 0 Å². The molecule has 2 rings (SSSR count). The summed E-state index contributed by atoms with van der Waals surface area (Å²) in [4.78, 5) is 11.0. The fraction of sp³-hybridized carbons (Fsp3) is 0.222. The van der Waals surface area contributed by atoms with Crippen molar-refractivity contribution < 1.29 is 4.79 Å². The summed E-state index contributed by atoms with van der Waals surface area (Å²) >= 11 is 0.219. The molecule has 0 atom stereocenters. The van der Waals surface area contributed by atoms with Crippen molar-refractivity contribution >= 4 is 25.5 Å². The molecule has 0 bridgehead atoms. The molecule has 0 spiro atoms. The molecule has 0 aliphatic carbocycles. The number of benzene rings is 1. The van der Waals surface area contributed by atoms with E-state index in [2.05, 4.69) is 12.1 Å². The number of amides is 1. The van der Waals surface area contributed by atoms with Gasteiger partial charge in [0, 0.05) is 0 Å². The number of β-lactam (4-membered cyclic amide) rings is 1. The summed E-state index contributed by atoms with van der Waals surface area (Å²) in [5, 5.41) is 0. The molecule has 1 saturated heterocycles. The SMILES string of the molecule is O=C1CCN1[Se]c1ccccc1. The summed E-state index contributed by atoms with van der Waals surface area (Å²) in [5.74, 6) is 0.304. The molecule has 0 aromatic heterocycles. The Kier molecular flexibility index (Phi) is 2.15. The van der Waals surface area contributed by atoms with Gasteiger partial charge in [-0.2, -0.15) is 0 Å². The van der Waals surface area contributed by atoms with E-state index in [1.54, 1.807) is 0 Å². The molecule has 1 aromatic carbocycles. The first-order valence-corrected chi connectivity index (χ1v) is 5.52. The van der Waals surface area contributed by atoms with E-state index in [9.17, 15) is 4.79 Å². The van der Waals surface area contributed by atoms with Gasteiger partial charge in [-0.15, -0.1) is 0 Å². The quantitative estimate of drug-likeness (QED) is 0.519. The minimum absolute atomic E-state index is 0.219. The van der Waals surface area contributed by atoms with Crippen LogP contribution in [0.1, 0.15) is 6.42 Å². The number of hydrogen-bond donors (Lipinski definition) is 0. The van der Waals surface area contributed by atoms with Crippen molar-refractivity contribution in [1.82, 2.24) is 3.92 Å². The van der Waals surface area contributed by atoms with Crippen LogP contribution in [0.25, 0.3) is 0 Å². The average Bonchev–Trinajstić information content (AvgIpc) is 2.14. The molecule has 0 saturated carbocycles. The van der Waals surface area contributed by atoms with Gasteiger partial charge in [0.2, 0.25) is 0 Å². The van der Waals surface area contributed by atoms with Gasteiger partial charge in [0.15, 0.2) is 0 Å². The third kappa shape index (κ3) is 1.52. The van der Waals surface area contributed by atoms with Gasteiger partial charge >= 0.3 is 77.6 Å². The Morgan fingerprint density at radius 1 is 1.25 bits per heavy atom. The molecule has 62 valence electrons. The van der Waals surface area contributed by atoms with Gasteiger partial charge in [0.25, 0.3) is 0 Å². The third-order valence-electron chi connectivity index (χ3n) is 1.77. The van der Waals surface area contributed by atoms with E-state index in [0.29, 0.717) is 5.91 Å². The number of carbonyl (C=O) groups excluding carboxylic acids is 1. The predicted molar refractivity (Wildman–Crippen MR) is 48.2 cm³/mol. The second-order valence-electron chi connectivity index (χ2n) is 2.65. The Bertz CT molecular complexity index is 286. The topological polar surface area (TPSA) is 20.3 Å². The molecule has 1 amide bonds. The Hall–Kier alpha value is -0.791. The summed E-state index contributed by atoms with van der Waals surface area (Å²) in [6.45, 7) is 0.952. The molecule has 3 heteroatoms. The van der Waals surface area contributed by atoms with Gasteiger partial charge in [-0.25, -0.2) is 0 Å². The Balaban J connectivity index is 2.00. The Morgan fingerprint density at radius 2 is 2.00 bits per heavy atom. The molecule has 2 nitrogen and oxygen atoms in total. The first kappa shape index (κ1) is 7.84. The second-order valence-corrected chi connectivity index (χ2v) is 4.95. The summed E-state index contributed by atoms with van der Waals surface area (Å²) in [5.41, 5.74) is 0. The van der Waals surface area contributed by atoms with Crippen LogP contribution in [0, 0.1) is 0 Å². The zero-order chi connectivity index (χ0) is 8.39. The van der Waals surface area contributed by atoms with Gasteiger partial charge in [-0.05, 0) is 0 Å². The van der Waals surface area contributed by atoms with Crippen molar-refractivity contribution in [2.75, 3.05) is 6.54 Å². The van der Waals surface area contributed by atoms with Crippen LogP contribution in [0.4, 0.5) is 0 Å². The fourth-order valence-corrected chi connectivity index (χ4v) is 2.91. The molecule has 1 aromatic rings. The van der Waals surface area contributed by atoms with E-state index < -0.39 is 0 Å². The van der Waals surface area contributed by atoms with E-state index in [0.717, 1.165) is 13.0 Å². The molecule has 1 aliphatic rings. The fourth-order valence-electron chi connectivity index (χ4n) is 1.000. The molecule has 12 heavy (non-hydrogen) atoms. The monoisotopic (exact) mass is 227 g/mol. The van der Waals surface area contributed by atoms with Crippen LogP contribution in [0.2, 0.25) is 0 Å². The molecule has 0 unspecified atom stereocenters. The second kappa shape index (κ2) is 3.30. The van der Waals surface area contributed by atoms with Crippen molar-refractivity contribution in [1.29, 1.82) is 0 Å². The minimum atomic E-state index is 0.219. The van der Waals surface area contributed by atoms with Crippen LogP contribution < -0.4 is 4.46 Å². The van der Waals surface area contributed by atoms with Crippen LogP contribution in [0.5, 0.6) is 0 Å². The number of nitrogens with zero attached hydrogens (tertiary/aromatic N) is 1. The van der Waals surface area contributed by atoms with Crippen LogP contribution >= 0.6 is 0 Å². The molecule has 1 heterocycles. The molecule has 0 radical (unpaired) electrons. The maximum atomic E-state index is 11.0. The van der Waals surface area contributed by atoms with Crippen LogP contribution in [0.15, 0.2) is 30.3 Å². The first-order valence-electron chi connectivity index (χ1n) is 3.89. The Morgan fingerprint density at radius 3 is 2.50 bits per heavy atom. The van der Waals surface area contributed by atoms with Crippen molar-refractivity contribution in [3.8, 4) is 0 Å². The average molecular weight is 226 g/mol. The zero-order valence-corrected chi connectivity index (χ0v) is 8.28. The summed E-state index contributed by atoms with van der Waals surface area (Å²) in [7, 11) is 0. The molecular weight excluding hydrogens is 217 g/mol. The van der Waals surface area contributed by atoms with Gasteiger partial charge in [-0.3, -0.25) is 0 Å². The van der Waals surface area contributed by atoms with Crippen LogP contribution in [0.3, 0.4) is 0 Å². The number of rotatable bonds is 2. The standard InChI is InChI=1S/C9H9NOSe/c11-9-6-7-10(9)12-8-4-2-1-3-5-8/h1-5H,6-7H2. The van der Waals surface area contributed by atoms with Crippen molar-refractivity contribution in [2.45, 2.75) is 6.42 Å². The summed E-state index contributed by atoms with van der Waals surface area (Å²) < 4.78 is 3.21. The van der Waals surface area contributed by atoms with E-state index >= 15 is 0 Å². The van der Waals surface area contributed by atoms with Crippen LogP contribution in [-0.4, -0.2) is 31.5 Å². The van der Waals surface area contributed by atoms with Gasteiger partial charge in [0.05, 0.1) is 0 Å². The molecule has 0 N–H and O–H groups in total. The first-order chi connectivity index (χ1) is 5.86. The third-order valence-corrected chi connectivity index (χ3v) is 4.05. The maximum absolute atomic E-state index is 11.0. The van der Waals surface area contributed by atoms with Crippen molar-refractivity contribution in [3.05, 3.63) is 30.3 Å². The van der Waals surface area contributed by atoms with E-state index in [1.165, 1.54) is 4.46 Å². The van der Waals surface area contributed by atoms with Crippen molar-refractivity contribution in [2.24, 2.45) is 0 Å².